The number of nitrogens with two attached hydrogens (primary N) is 2. The molecule has 9 heteroatoms. The highest BCUT2D eigenvalue weighted by atomic mass is 16.5. The number of methoxy groups -OCH3 is 2. The van der Waals surface area contributed by atoms with E-state index in [1.165, 1.54) is 0 Å². The summed E-state index contributed by atoms with van der Waals surface area (Å²) in [7, 11) is 3.23. The summed E-state index contributed by atoms with van der Waals surface area (Å²) < 4.78 is 27.5. The Balaban J connectivity index is 1.64. The van der Waals surface area contributed by atoms with Gasteiger partial charge in [-0.2, -0.15) is 0 Å². The highest BCUT2D eigenvalue weighted by Gasteiger charge is 2.15. The second-order valence-electron chi connectivity index (χ2n) is 6.65. The van der Waals surface area contributed by atoms with E-state index in [1.807, 2.05) is 30.3 Å². The maximum absolute atomic E-state index is 5.90. The molecule has 0 saturated heterocycles. The number of nitrogens with one attached hydrogen (secondary N) is 2. The highest BCUT2D eigenvalue weighted by molar-refractivity contribution is 5.63. The van der Waals surface area contributed by atoms with E-state index >= 15 is 0 Å². The van der Waals surface area contributed by atoms with Crippen molar-refractivity contribution in [1.82, 2.24) is 0 Å². The summed E-state index contributed by atoms with van der Waals surface area (Å²) in [4.78, 5) is 3.08. The molecular formula is C22H29N4O5+. The summed E-state index contributed by atoms with van der Waals surface area (Å²) in [6.45, 7) is 2.33. The smallest absolute Gasteiger partial charge is 0.457 e. The van der Waals surface area contributed by atoms with Crippen LogP contribution in [0.25, 0.3) is 11.3 Å². The molecule has 0 atom stereocenters. The fraction of sp³-hybridized carbons (Fsp3) is 0.318. The van der Waals surface area contributed by atoms with Crippen molar-refractivity contribution in [3.05, 3.63) is 48.2 Å². The maximum atomic E-state index is 5.90. The van der Waals surface area contributed by atoms with Gasteiger partial charge in [0.25, 0.3) is 0 Å². The zero-order chi connectivity index (χ0) is 22.1. The molecule has 0 aliphatic heterocycles. The van der Waals surface area contributed by atoms with Crippen LogP contribution in [0.3, 0.4) is 0 Å². The minimum Gasteiger partial charge on any atom is -0.493 e. The van der Waals surface area contributed by atoms with E-state index in [1.54, 1.807) is 26.5 Å². The fourth-order valence-electron chi connectivity index (χ4n) is 2.89. The molecule has 1 heterocycles. The standard InChI is InChI=1S/C22H28N4O5/c1-27-7-8-29-9-10-30-19-6-3-15(12-20(19)28-2)21-14-25-22(31-21)26-17-4-5-18(24)16(11-17)13-23/h3-6,11-12,14H,7-10,13,23-24H2,1-2H3,(H,25,26)/p+1. The Morgan fingerprint density at radius 3 is 2.61 bits per heavy atom. The first-order chi connectivity index (χ1) is 15.1. The molecule has 0 bridgehead atoms. The Morgan fingerprint density at radius 2 is 1.84 bits per heavy atom. The Hall–Kier alpha value is -3.27. The Bertz CT molecular complexity index is 976. The number of benzene rings is 2. The van der Waals surface area contributed by atoms with Crippen LogP contribution in [0.15, 0.2) is 47.0 Å². The van der Waals surface area contributed by atoms with Crippen LogP contribution < -0.4 is 31.2 Å². The van der Waals surface area contributed by atoms with Crippen LogP contribution in [0.2, 0.25) is 0 Å². The molecule has 1 aromatic heterocycles. The zero-order valence-corrected chi connectivity index (χ0v) is 17.8. The SMILES string of the molecule is COCCOCCOc1ccc(-c2c[nH+]c(Nc3ccc(N)c(CN)c3)o2)cc1OC. The fourth-order valence-corrected chi connectivity index (χ4v) is 2.89. The molecule has 0 aliphatic rings. The van der Waals surface area contributed by atoms with E-state index in [4.69, 9.17) is 34.8 Å². The third-order valence-electron chi connectivity index (χ3n) is 4.53. The van der Waals surface area contributed by atoms with E-state index in [0.717, 1.165) is 16.8 Å². The number of hydrogen-bond acceptors (Lipinski definition) is 8. The lowest BCUT2D eigenvalue weighted by Gasteiger charge is -2.11. The molecule has 31 heavy (non-hydrogen) atoms. The number of nitrogen functional groups attached to an aromatic ring is 1. The van der Waals surface area contributed by atoms with Gasteiger partial charge in [-0.1, -0.05) is 0 Å². The van der Waals surface area contributed by atoms with Gasteiger partial charge in [0.2, 0.25) is 0 Å². The summed E-state index contributed by atoms with van der Waals surface area (Å²) in [5.41, 5.74) is 14.8. The van der Waals surface area contributed by atoms with Gasteiger partial charge in [0.15, 0.2) is 17.3 Å². The van der Waals surface area contributed by atoms with Crippen molar-refractivity contribution in [2.75, 3.05) is 51.7 Å². The number of hydrogen-bond donors (Lipinski definition) is 3. The van der Waals surface area contributed by atoms with Gasteiger partial charge in [-0.25, -0.2) is 10.3 Å². The van der Waals surface area contributed by atoms with Gasteiger partial charge >= 0.3 is 6.01 Å². The molecule has 0 fully saturated rings. The molecule has 0 saturated carbocycles. The van der Waals surface area contributed by atoms with E-state index in [2.05, 4.69) is 10.3 Å². The van der Waals surface area contributed by atoms with Gasteiger partial charge in [-0.05, 0) is 42.0 Å². The maximum Gasteiger partial charge on any atom is 0.457 e. The predicted molar refractivity (Wildman–Crippen MR) is 117 cm³/mol. The number of H-pyrrole nitrogens is 1. The average molecular weight is 429 g/mol. The molecule has 0 amide bonds. The summed E-state index contributed by atoms with van der Waals surface area (Å²) in [5.74, 6) is 1.88. The quantitative estimate of drug-likeness (QED) is 0.296. The molecule has 2 aromatic carbocycles. The summed E-state index contributed by atoms with van der Waals surface area (Å²) in [6, 6.07) is 11.6. The van der Waals surface area contributed by atoms with Crippen molar-refractivity contribution in [2.24, 2.45) is 5.73 Å². The van der Waals surface area contributed by atoms with E-state index in [-0.39, 0.29) is 0 Å². The van der Waals surface area contributed by atoms with Crippen LogP contribution in [0.5, 0.6) is 11.5 Å². The minimum absolute atomic E-state index is 0.363. The first kappa shape index (κ1) is 22.4. The molecule has 0 unspecified atom stereocenters. The van der Waals surface area contributed by atoms with E-state index in [0.29, 0.717) is 61.9 Å². The van der Waals surface area contributed by atoms with E-state index in [9.17, 15) is 0 Å². The van der Waals surface area contributed by atoms with Crippen molar-refractivity contribution in [3.63, 3.8) is 0 Å². The second kappa shape index (κ2) is 11.2. The minimum atomic E-state index is 0.363. The lowest BCUT2D eigenvalue weighted by atomic mass is 10.1. The lowest BCUT2D eigenvalue weighted by molar-refractivity contribution is -0.364. The normalized spacial score (nSPS) is 10.8. The summed E-state index contributed by atoms with van der Waals surface area (Å²) >= 11 is 0. The number of ether oxygens (including phenoxy) is 4. The van der Waals surface area contributed by atoms with Crippen LogP contribution in [0.1, 0.15) is 5.56 Å². The molecule has 3 rings (SSSR count). The van der Waals surface area contributed by atoms with Crippen molar-refractivity contribution >= 4 is 17.4 Å². The van der Waals surface area contributed by atoms with Crippen LogP contribution in [-0.2, 0) is 16.0 Å². The Labute approximate surface area is 181 Å². The van der Waals surface area contributed by atoms with E-state index < -0.39 is 0 Å². The van der Waals surface area contributed by atoms with Gasteiger partial charge in [-0.3, -0.25) is 0 Å². The van der Waals surface area contributed by atoms with Crippen LogP contribution >= 0.6 is 0 Å². The van der Waals surface area contributed by atoms with Crippen LogP contribution in [-0.4, -0.2) is 40.6 Å². The van der Waals surface area contributed by atoms with Crippen molar-refractivity contribution < 1.29 is 28.3 Å². The Morgan fingerprint density at radius 1 is 1.00 bits per heavy atom. The lowest BCUT2D eigenvalue weighted by Crippen LogP contribution is -2.10. The highest BCUT2D eigenvalue weighted by Crippen LogP contribution is 2.33. The third kappa shape index (κ3) is 6.11. The number of oxazole rings is 1. The molecule has 0 aliphatic carbocycles. The van der Waals surface area contributed by atoms with Crippen molar-refractivity contribution in [3.8, 4) is 22.8 Å². The molecule has 0 radical (unpaired) electrons. The van der Waals surface area contributed by atoms with Gasteiger partial charge < -0.3 is 34.8 Å². The number of aromatic amines is 1. The number of aromatic nitrogens is 1. The Kier molecular flexibility index (Phi) is 8.11. The largest absolute Gasteiger partial charge is 0.493 e. The molecule has 9 nitrogen and oxygen atoms in total. The first-order valence-electron chi connectivity index (χ1n) is 9.89. The van der Waals surface area contributed by atoms with Gasteiger partial charge in [0, 0.05) is 24.9 Å². The summed E-state index contributed by atoms with van der Waals surface area (Å²) in [5, 5.41) is 3.17. The van der Waals surface area contributed by atoms with Gasteiger partial charge in [0.05, 0.1) is 26.9 Å². The first-order valence-corrected chi connectivity index (χ1v) is 9.89. The molecule has 3 aromatic rings. The zero-order valence-electron chi connectivity index (χ0n) is 17.8. The number of anilines is 3. The average Bonchev–Trinajstić information content (AvgIpc) is 3.26. The van der Waals surface area contributed by atoms with Crippen molar-refractivity contribution in [1.29, 1.82) is 0 Å². The molecule has 166 valence electrons. The summed E-state index contributed by atoms with van der Waals surface area (Å²) in [6.07, 6.45) is 1.77. The van der Waals surface area contributed by atoms with Crippen LogP contribution in [0.4, 0.5) is 17.4 Å². The third-order valence-corrected chi connectivity index (χ3v) is 4.53. The predicted octanol–water partition coefficient (Wildman–Crippen LogP) is 2.60. The molecule has 6 N–H and O–H groups in total. The monoisotopic (exact) mass is 429 g/mol. The van der Waals surface area contributed by atoms with Crippen LogP contribution in [0, 0.1) is 0 Å². The second-order valence-corrected chi connectivity index (χ2v) is 6.65. The molecular weight excluding hydrogens is 400 g/mol. The number of rotatable bonds is 12. The van der Waals surface area contributed by atoms with Gasteiger partial charge in [0.1, 0.15) is 18.5 Å². The van der Waals surface area contributed by atoms with Gasteiger partial charge in [-0.15, -0.1) is 0 Å². The topological polar surface area (TPSA) is 128 Å². The molecule has 0 spiro atoms. The van der Waals surface area contributed by atoms with Crippen molar-refractivity contribution in [2.45, 2.75) is 6.54 Å².